The van der Waals surface area contributed by atoms with Crippen molar-refractivity contribution in [2.24, 2.45) is 0 Å². The molecule has 0 saturated heterocycles. The number of hydrogen-bond donors (Lipinski definition) is 0. The van der Waals surface area contributed by atoms with Gasteiger partial charge in [-0.05, 0) is 129 Å². The molecule has 0 unspecified atom stereocenters. The lowest BCUT2D eigenvalue weighted by Crippen LogP contribution is -2.00. The zero-order valence-corrected chi connectivity index (χ0v) is 27.4. The van der Waals surface area contributed by atoms with Crippen LogP contribution in [0.1, 0.15) is 22.3 Å². The van der Waals surface area contributed by atoms with Gasteiger partial charge in [0.25, 0.3) is 0 Å². The molecule has 8 rings (SSSR count). The quantitative estimate of drug-likeness (QED) is 0.172. The summed E-state index contributed by atoms with van der Waals surface area (Å²) in [6.45, 7) is 8.82. The van der Waals surface area contributed by atoms with Crippen molar-refractivity contribution in [2.75, 3.05) is 0 Å². The van der Waals surface area contributed by atoms with Crippen LogP contribution in [0.15, 0.2) is 152 Å². The van der Waals surface area contributed by atoms with Gasteiger partial charge in [0.2, 0.25) is 0 Å². The van der Waals surface area contributed by atoms with Crippen LogP contribution in [0.2, 0.25) is 0 Å². The molecule has 226 valence electrons. The topological polar surface area (TPSA) is 4.93 Å². The molecule has 1 heteroatoms. The first-order valence-corrected chi connectivity index (χ1v) is 16.4. The number of aryl methyl sites for hydroxylation is 4. The first-order valence-electron chi connectivity index (χ1n) is 16.4. The fraction of sp³-hybridized carbons (Fsp3) is 0.0870. The van der Waals surface area contributed by atoms with E-state index in [1.165, 1.54) is 88.6 Å². The largest absolute Gasteiger partial charge is 0.309 e. The average molecular weight is 604 g/mol. The maximum Gasteiger partial charge on any atom is 0.0535 e. The van der Waals surface area contributed by atoms with E-state index in [0.717, 1.165) is 5.69 Å². The summed E-state index contributed by atoms with van der Waals surface area (Å²) in [5.41, 5.74) is 16.2. The summed E-state index contributed by atoms with van der Waals surface area (Å²) in [5, 5.41) is 5.07. The van der Waals surface area contributed by atoms with Gasteiger partial charge in [-0.2, -0.15) is 0 Å². The highest BCUT2D eigenvalue weighted by atomic mass is 15.0. The van der Waals surface area contributed by atoms with E-state index in [1.807, 2.05) is 0 Å². The van der Waals surface area contributed by atoms with E-state index in [2.05, 4.69) is 184 Å². The molecule has 0 radical (unpaired) electrons. The third kappa shape index (κ3) is 4.96. The minimum absolute atomic E-state index is 1.15. The maximum absolute atomic E-state index is 2.43. The second-order valence-corrected chi connectivity index (χ2v) is 12.8. The fourth-order valence-electron chi connectivity index (χ4n) is 7.10. The molecule has 0 spiro atoms. The number of aromatic nitrogens is 1. The van der Waals surface area contributed by atoms with Crippen LogP contribution < -0.4 is 0 Å². The molecule has 0 bridgehead atoms. The van der Waals surface area contributed by atoms with Crippen LogP contribution in [-0.4, -0.2) is 4.57 Å². The Labute approximate surface area is 277 Å². The Balaban J connectivity index is 1.51. The molecule has 0 N–H and O–H groups in total. The van der Waals surface area contributed by atoms with E-state index in [4.69, 9.17) is 0 Å². The number of nitrogens with zero attached hydrogens (tertiary/aromatic N) is 1. The summed E-state index contributed by atoms with van der Waals surface area (Å²) in [5.74, 6) is 0. The lowest BCUT2D eigenvalue weighted by atomic mass is 9.84. The van der Waals surface area contributed by atoms with Crippen LogP contribution in [0, 0.1) is 27.7 Å². The van der Waals surface area contributed by atoms with E-state index >= 15 is 0 Å². The summed E-state index contributed by atoms with van der Waals surface area (Å²) in [4.78, 5) is 0. The van der Waals surface area contributed by atoms with E-state index < -0.39 is 0 Å². The summed E-state index contributed by atoms with van der Waals surface area (Å²) in [6, 6.07) is 55.8. The number of hydrogen-bond acceptors (Lipinski definition) is 0. The van der Waals surface area contributed by atoms with Gasteiger partial charge in [0.05, 0.1) is 11.4 Å². The van der Waals surface area contributed by atoms with Crippen molar-refractivity contribution in [2.45, 2.75) is 27.7 Å². The summed E-state index contributed by atoms with van der Waals surface area (Å²) in [6.07, 6.45) is 0. The van der Waals surface area contributed by atoms with Gasteiger partial charge in [0.1, 0.15) is 0 Å². The standard InChI is InChI=1S/C46H37N/c1-30-19-21-36(27-32(30)3)45-39-17-11-12-18-40(39)46(37-22-20-31(2)33(4)28-37)42-29-38(23-24-41(42)45)47-43(34-13-7-5-8-14-34)25-26-44(47)35-15-9-6-10-16-35/h5-29H,1-4H3. The van der Waals surface area contributed by atoms with Crippen molar-refractivity contribution in [3.63, 3.8) is 0 Å². The van der Waals surface area contributed by atoms with Crippen molar-refractivity contribution in [3.05, 3.63) is 174 Å². The molecular formula is C46H37N. The highest BCUT2D eigenvalue weighted by Crippen LogP contribution is 2.45. The molecule has 47 heavy (non-hydrogen) atoms. The van der Waals surface area contributed by atoms with Gasteiger partial charge in [-0.1, -0.05) is 127 Å². The monoisotopic (exact) mass is 603 g/mol. The van der Waals surface area contributed by atoms with E-state index in [0.29, 0.717) is 0 Å². The Morgan fingerprint density at radius 3 is 1.26 bits per heavy atom. The first kappa shape index (κ1) is 28.8. The zero-order valence-electron chi connectivity index (χ0n) is 27.4. The fourth-order valence-corrected chi connectivity index (χ4v) is 7.10. The number of rotatable bonds is 5. The van der Waals surface area contributed by atoms with Crippen molar-refractivity contribution in [1.29, 1.82) is 0 Å². The second kappa shape index (κ2) is 11.6. The summed E-state index contributed by atoms with van der Waals surface area (Å²) in [7, 11) is 0. The van der Waals surface area contributed by atoms with Gasteiger partial charge in [0.15, 0.2) is 0 Å². The van der Waals surface area contributed by atoms with Gasteiger partial charge in [-0.3, -0.25) is 0 Å². The van der Waals surface area contributed by atoms with Crippen molar-refractivity contribution < 1.29 is 0 Å². The molecule has 1 nitrogen and oxygen atoms in total. The van der Waals surface area contributed by atoms with Gasteiger partial charge in [0, 0.05) is 5.69 Å². The predicted octanol–water partition coefficient (Wildman–Crippen LogP) is 12.7. The average Bonchev–Trinajstić information content (AvgIpc) is 3.56. The summed E-state index contributed by atoms with van der Waals surface area (Å²) < 4.78 is 2.43. The van der Waals surface area contributed by atoms with Gasteiger partial charge in [-0.15, -0.1) is 0 Å². The summed E-state index contributed by atoms with van der Waals surface area (Å²) >= 11 is 0. The molecule has 0 fully saturated rings. The van der Waals surface area contributed by atoms with E-state index in [9.17, 15) is 0 Å². The molecule has 0 atom stereocenters. The number of benzene rings is 7. The van der Waals surface area contributed by atoms with Crippen LogP contribution in [0.4, 0.5) is 0 Å². The molecule has 1 heterocycles. The van der Waals surface area contributed by atoms with Gasteiger partial charge >= 0.3 is 0 Å². The lowest BCUT2D eigenvalue weighted by Gasteiger charge is -2.21. The smallest absolute Gasteiger partial charge is 0.0535 e. The molecule has 1 aromatic heterocycles. The highest BCUT2D eigenvalue weighted by Gasteiger charge is 2.20. The maximum atomic E-state index is 2.43. The van der Waals surface area contributed by atoms with E-state index in [-0.39, 0.29) is 0 Å². The molecular weight excluding hydrogens is 567 g/mol. The Bertz CT molecular complexity index is 2370. The Morgan fingerprint density at radius 1 is 0.319 bits per heavy atom. The molecule has 0 aliphatic rings. The minimum atomic E-state index is 1.15. The Hall–Kier alpha value is -5.66. The van der Waals surface area contributed by atoms with Crippen LogP contribution in [0.3, 0.4) is 0 Å². The SMILES string of the molecule is Cc1ccc(-c2c3ccccc3c(-c3ccc(C)c(C)c3)c3cc(-n4c(-c5ccccc5)ccc4-c4ccccc4)ccc23)cc1C. The minimum Gasteiger partial charge on any atom is -0.309 e. The van der Waals surface area contributed by atoms with Crippen LogP contribution >= 0.6 is 0 Å². The lowest BCUT2D eigenvalue weighted by molar-refractivity contribution is 1.10. The van der Waals surface area contributed by atoms with Crippen LogP contribution in [-0.2, 0) is 0 Å². The molecule has 0 amide bonds. The van der Waals surface area contributed by atoms with Crippen LogP contribution in [0.5, 0.6) is 0 Å². The number of fused-ring (bicyclic) bond motifs is 2. The molecule has 0 aliphatic heterocycles. The third-order valence-electron chi connectivity index (χ3n) is 9.88. The normalized spacial score (nSPS) is 11.4. The van der Waals surface area contributed by atoms with Crippen molar-refractivity contribution in [3.8, 4) is 50.5 Å². The third-order valence-corrected chi connectivity index (χ3v) is 9.88. The van der Waals surface area contributed by atoms with Crippen molar-refractivity contribution >= 4 is 21.5 Å². The van der Waals surface area contributed by atoms with Gasteiger partial charge < -0.3 is 4.57 Å². The zero-order chi connectivity index (χ0) is 32.1. The molecule has 0 aliphatic carbocycles. The molecule has 0 saturated carbocycles. The van der Waals surface area contributed by atoms with E-state index in [1.54, 1.807) is 0 Å². The Morgan fingerprint density at radius 2 is 0.766 bits per heavy atom. The highest BCUT2D eigenvalue weighted by molar-refractivity contribution is 6.21. The predicted molar refractivity (Wildman–Crippen MR) is 201 cm³/mol. The Kier molecular flexibility index (Phi) is 7.11. The molecule has 7 aromatic carbocycles. The van der Waals surface area contributed by atoms with Crippen LogP contribution in [0.25, 0.3) is 72.0 Å². The first-order chi connectivity index (χ1) is 23.0. The second-order valence-electron chi connectivity index (χ2n) is 12.8. The van der Waals surface area contributed by atoms with Crippen molar-refractivity contribution in [1.82, 2.24) is 4.57 Å². The molecule has 8 aromatic rings. The van der Waals surface area contributed by atoms with Gasteiger partial charge in [-0.25, -0.2) is 0 Å².